The molecule has 106 valence electrons. The third kappa shape index (κ3) is 3.10. The second kappa shape index (κ2) is 5.93. The fourth-order valence-corrected chi connectivity index (χ4v) is 2.94. The largest absolute Gasteiger partial charge is 0.395 e. The molecule has 2 atom stereocenters. The fraction of sp³-hybridized carbons (Fsp3) is 0.625. The molecule has 1 aliphatic heterocycles. The van der Waals surface area contributed by atoms with Gasteiger partial charge in [-0.3, -0.25) is 4.90 Å². The molecule has 0 amide bonds. The molecule has 0 radical (unpaired) electrons. The van der Waals surface area contributed by atoms with E-state index in [2.05, 4.69) is 55.8 Å². The van der Waals surface area contributed by atoms with Gasteiger partial charge >= 0.3 is 0 Å². The lowest BCUT2D eigenvalue weighted by Crippen LogP contribution is -2.43. The lowest BCUT2D eigenvalue weighted by molar-refractivity contribution is 0.159. The van der Waals surface area contributed by atoms with Crippen LogP contribution in [0.5, 0.6) is 0 Å². The molecular weight excluding hydrogens is 236 g/mol. The number of likely N-dealkylation sites (N-methyl/N-ethyl adjacent to an activating group) is 1. The third-order valence-corrected chi connectivity index (χ3v) is 4.33. The lowest BCUT2D eigenvalue weighted by atomic mass is 10.1. The highest BCUT2D eigenvalue weighted by Gasteiger charge is 2.26. The van der Waals surface area contributed by atoms with Crippen molar-refractivity contribution in [1.29, 1.82) is 0 Å². The number of aliphatic hydroxyl groups is 1. The first-order valence-electron chi connectivity index (χ1n) is 7.18. The summed E-state index contributed by atoms with van der Waals surface area (Å²) in [7, 11) is 2.11. The highest BCUT2D eigenvalue weighted by molar-refractivity contribution is 5.55. The van der Waals surface area contributed by atoms with E-state index in [0.717, 1.165) is 19.5 Å². The van der Waals surface area contributed by atoms with Crippen LogP contribution < -0.4 is 4.90 Å². The number of hydrogen-bond acceptors (Lipinski definition) is 3. The van der Waals surface area contributed by atoms with Gasteiger partial charge in [0.25, 0.3) is 0 Å². The van der Waals surface area contributed by atoms with Crippen molar-refractivity contribution in [2.24, 2.45) is 0 Å². The smallest absolute Gasteiger partial charge is 0.0604 e. The van der Waals surface area contributed by atoms with Crippen molar-refractivity contribution >= 4 is 5.69 Å². The van der Waals surface area contributed by atoms with E-state index in [1.165, 1.54) is 16.8 Å². The Morgan fingerprint density at radius 1 is 1.32 bits per heavy atom. The highest BCUT2D eigenvalue weighted by Crippen LogP contribution is 2.26. The molecule has 1 aromatic carbocycles. The van der Waals surface area contributed by atoms with E-state index < -0.39 is 0 Å². The van der Waals surface area contributed by atoms with Gasteiger partial charge in [0.1, 0.15) is 0 Å². The van der Waals surface area contributed by atoms with E-state index in [4.69, 9.17) is 0 Å². The molecule has 19 heavy (non-hydrogen) atoms. The molecule has 1 aliphatic rings. The molecule has 0 spiro atoms. The van der Waals surface area contributed by atoms with E-state index in [0.29, 0.717) is 6.04 Å². The van der Waals surface area contributed by atoms with Crippen molar-refractivity contribution in [2.75, 3.05) is 31.6 Å². The Hall–Kier alpha value is -1.06. The standard InChI is InChI=1S/C16H26N2O/c1-12-5-6-16(13(2)9-12)18-10-15(11-19)17(4)8-7-14(18)3/h5-6,9,14-15,19H,7-8,10-11H2,1-4H3. The lowest BCUT2D eigenvalue weighted by Gasteiger charge is -2.33. The highest BCUT2D eigenvalue weighted by atomic mass is 16.3. The van der Waals surface area contributed by atoms with Crippen LogP contribution in [-0.4, -0.2) is 48.8 Å². The van der Waals surface area contributed by atoms with E-state index in [9.17, 15) is 5.11 Å². The van der Waals surface area contributed by atoms with Crippen molar-refractivity contribution in [3.8, 4) is 0 Å². The summed E-state index contributed by atoms with van der Waals surface area (Å²) in [5, 5.41) is 9.58. The molecule has 0 aromatic heterocycles. The van der Waals surface area contributed by atoms with E-state index in [1.54, 1.807) is 0 Å². The predicted octanol–water partition coefficient (Wildman–Crippen LogP) is 2.19. The zero-order chi connectivity index (χ0) is 14.0. The van der Waals surface area contributed by atoms with Gasteiger partial charge in [-0.2, -0.15) is 0 Å². The van der Waals surface area contributed by atoms with Gasteiger partial charge in [-0.1, -0.05) is 17.7 Å². The summed E-state index contributed by atoms with van der Waals surface area (Å²) in [5.74, 6) is 0. The first kappa shape index (κ1) is 14.4. The van der Waals surface area contributed by atoms with Gasteiger partial charge in [-0.05, 0) is 45.9 Å². The second-order valence-corrected chi connectivity index (χ2v) is 5.90. The van der Waals surface area contributed by atoms with Gasteiger partial charge in [0.2, 0.25) is 0 Å². The van der Waals surface area contributed by atoms with E-state index >= 15 is 0 Å². The Morgan fingerprint density at radius 3 is 2.68 bits per heavy atom. The zero-order valence-electron chi connectivity index (χ0n) is 12.6. The second-order valence-electron chi connectivity index (χ2n) is 5.90. The molecule has 3 nitrogen and oxygen atoms in total. The maximum atomic E-state index is 9.58. The van der Waals surface area contributed by atoms with E-state index in [1.807, 2.05) is 0 Å². The van der Waals surface area contributed by atoms with Gasteiger partial charge in [0.05, 0.1) is 6.61 Å². The average Bonchev–Trinajstić information content (AvgIpc) is 2.51. The molecule has 0 bridgehead atoms. The van der Waals surface area contributed by atoms with Crippen LogP contribution in [0.25, 0.3) is 0 Å². The maximum absolute atomic E-state index is 9.58. The van der Waals surface area contributed by atoms with Crippen molar-refractivity contribution < 1.29 is 5.11 Å². The molecule has 1 aromatic rings. The minimum absolute atomic E-state index is 0.227. The van der Waals surface area contributed by atoms with Crippen molar-refractivity contribution in [3.63, 3.8) is 0 Å². The Kier molecular flexibility index (Phi) is 4.48. The maximum Gasteiger partial charge on any atom is 0.0604 e. The summed E-state index contributed by atoms with van der Waals surface area (Å²) >= 11 is 0. The van der Waals surface area contributed by atoms with Crippen molar-refractivity contribution in [1.82, 2.24) is 4.90 Å². The Bertz CT molecular complexity index is 433. The van der Waals surface area contributed by atoms with Crippen molar-refractivity contribution in [2.45, 2.75) is 39.3 Å². The Balaban J connectivity index is 2.29. The summed E-state index contributed by atoms with van der Waals surface area (Å²) < 4.78 is 0. The Morgan fingerprint density at radius 2 is 2.05 bits per heavy atom. The number of anilines is 1. The van der Waals surface area contributed by atoms with Crippen LogP contribution in [0.15, 0.2) is 18.2 Å². The first-order valence-corrected chi connectivity index (χ1v) is 7.18. The SMILES string of the molecule is Cc1ccc(N2CC(CO)N(C)CCC2C)c(C)c1. The third-order valence-electron chi connectivity index (χ3n) is 4.33. The number of hydrogen-bond donors (Lipinski definition) is 1. The topological polar surface area (TPSA) is 26.7 Å². The van der Waals surface area contributed by atoms with Crippen LogP contribution in [0.4, 0.5) is 5.69 Å². The van der Waals surface area contributed by atoms with Crippen LogP contribution in [0.1, 0.15) is 24.5 Å². The summed E-state index contributed by atoms with van der Waals surface area (Å²) in [4.78, 5) is 4.74. The normalized spacial score (nSPS) is 25.4. The van der Waals surface area contributed by atoms with Crippen LogP contribution in [-0.2, 0) is 0 Å². The quantitative estimate of drug-likeness (QED) is 0.885. The molecule has 0 aliphatic carbocycles. The van der Waals surface area contributed by atoms with Crippen molar-refractivity contribution in [3.05, 3.63) is 29.3 Å². The molecule has 1 N–H and O–H groups in total. The minimum Gasteiger partial charge on any atom is -0.395 e. The van der Waals surface area contributed by atoms with Crippen LogP contribution >= 0.6 is 0 Å². The fourth-order valence-electron chi connectivity index (χ4n) is 2.94. The summed E-state index contributed by atoms with van der Waals surface area (Å²) in [6.07, 6.45) is 1.14. The number of rotatable bonds is 2. The summed E-state index contributed by atoms with van der Waals surface area (Å²) in [6.45, 7) is 8.77. The molecule has 1 heterocycles. The zero-order valence-corrected chi connectivity index (χ0v) is 12.6. The minimum atomic E-state index is 0.227. The molecule has 0 saturated carbocycles. The molecular formula is C16H26N2O. The van der Waals surface area contributed by atoms with E-state index in [-0.39, 0.29) is 12.6 Å². The van der Waals surface area contributed by atoms with Crippen LogP contribution in [0.3, 0.4) is 0 Å². The number of nitrogens with zero attached hydrogens (tertiary/aromatic N) is 2. The van der Waals surface area contributed by atoms with Gasteiger partial charge < -0.3 is 10.0 Å². The molecule has 1 fully saturated rings. The first-order chi connectivity index (χ1) is 9.02. The Labute approximate surface area is 116 Å². The average molecular weight is 262 g/mol. The predicted molar refractivity (Wildman–Crippen MR) is 80.8 cm³/mol. The number of aliphatic hydroxyl groups excluding tert-OH is 1. The monoisotopic (exact) mass is 262 g/mol. The van der Waals surface area contributed by atoms with Gasteiger partial charge in [-0.25, -0.2) is 0 Å². The molecule has 2 unspecified atom stereocenters. The van der Waals surface area contributed by atoms with Gasteiger partial charge in [0, 0.05) is 30.9 Å². The summed E-state index contributed by atoms with van der Waals surface area (Å²) in [6, 6.07) is 7.38. The van der Waals surface area contributed by atoms with Gasteiger partial charge in [-0.15, -0.1) is 0 Å². The summed E-state index contributed by atoms with van der Waals surface area (Å²) in [5.41, 5.74) is 3.94. The van der Waals surface area contributed by atoms with Crippen LogP contribution in [0.2, 0.25) is 0 Å². The molecule has 3 heteroatoms. The van der Waals surface area contributed by atoms with Gasteiger partial charge in [0.15, 0.2) is 0 Å². The number of aryl methyl sites for hydroxylation is 2. The number of benzene rings is 1. The molecule has 1 saturated heterocycles. The molecule has 2 rings (SSSR count). The van der Waals surface area contributed by atoms with Crippen LogP contribution in [0, 0.1) is 13.8 Å².